The maximum atomic E-state index is 5.81. The van der Waals surface area contributed by atoms with Crippen molar-refractivity contribution in [3.05, 3.63) is 96.8 Å². The van der Waals surface area contributed by atoms with E-state index in [4.69, 9.17) is 14.5 Å². The van der Waals surface area contributed by atoms with Crippen LogP contribution in [0.15, 0.2) is 107 Å². The average molecular weight is 375 g/mol. The summed E-state index contributed by atoms with van der Waals surface area (Å²) in [7, 11) is 1.65. The molecule has 3 rings (SSSR count). The summed E-state index contributed by atoms with van der Waals surface area (Å²) in [5.74, 6) is 1.55. The van der Waals surface area contributed by atoms with E-state index in [-0.39, 0.29) is 0 Å². The third-order valence-corrected chi connectivity index (χ3v) is 4.83. The highest BCUT2D eigenvalue weighted by Crippen LogP contribution is 2.27. The molecule has 0 fully saturated rings. The molecule has 0 heterocycles. The normalized spacial score (nSPS) is 11.9. The van der Waals surface area contributed by atoms with Crippen molar-refractivity contribution in [1.29, 1.82) is 0 Å². The first-order valence-electron chi connectivity index (χ1n) is 8.59. The Bertz CT molecular complexity index is 904. The Morgan fingerprint density at radius 1 is 0.815 bits per heavy atom. The van der Waals surface area contributed by atoms with E-state index in [1.807, 2.05) is 79.7 Å². The molecule has 0 saturated heterocycles. The van der Waals surface area contributed by atoms with Crippen molar-refractivity contribution in [2.24, 2.45) is 4.99 Å². The Hall–Kier alpha value is -2.98. The van der Waals surface area contributed by atoms with Crippen LogP contribution < -0.4 is 9.47 Å². The summed E-state index contributed by atoms with van der Waals surface area (Å²) >= 11 is 1.61. The second kappa shape index (κ2) is 9.64. The van der Waals surface area contributed by atoms with E-state index in [0.717, 1.165) is 32.7 Å². The van der Waals surface area contributed by atoms with Gasteiger partial charge < -0.3 is 9.47 Å². The number of benzene rings is 3. The van der Waals surface area contributed by atoms with Gasteiger partial charge in [-0.2, -0.15) is 0 Å². The van der Waals surface area contributed by atoms with Crippen LogP contribution in [0.25, 0.3) is 0 Å². The molecule has 0 atom stereocenters. The molecule has 0 radical (unpaired) electrons. The Balaban J connectivity index is 1.82. The fourth-order valence-electron chi connectivity index (χ4n) is 2.27. The highest BCUT2D eigenvalue weighted by Gasteiger charge is 2.07. The van der Waals surface area contributed by atoms with Crippen molar-refractivity contribution in [3.8, 4) is 11.5 Å². The summed E-state index contributed by atoms with van der Waals surface area (Å²) in [6.07, 6.45) is 1.74. The van der Waals surface area contributed by atoms with E-state index in [2.05, 4.69) is 12.1 Å². The monoisotopic (exact) mass is 375 g/mol. The van der Waals surface area contributed by atoms with Gasteiger partial charge in [0.05, 0.1) is 19.1 Å². The summed E-state index contributed by atoms with van der Waals surface area (Å²) in [5.41, 5.74) is 1.86. The molecule has 0 aliphatic carbocycles. The molecule has 0 N–H and O–H groups in total. The van der Waals surface area contributed by atoms with Crippen molar-refractivity contribution in [1.82, 2.24) is 0 Å². The summed E-state index contributed by atoms with van der Waals surface area (Å²) in [6.45, 7) is 2.00. The number of aliphatic imine (C=N–C) groups is 1. The first-order chi connectivity index (χ1) is 13.2. The van der Waals surface area contributed by atoms with Gasteiger partial charge >= 0.3 is 0 Å². The minimum Gasteiger partial charge on any atom is -0.497 e. The third-order valence-electron chi connectivity index (χ3n) is 3.71. The predicted molar refractivity (Wildman–Crippen MR) is 113 cm³/mol. The molecule has 0 spiro atoms. The quantitative estimate of drug-likeness (QED) is 0.213. The van der Waals surface area contributed by atoms with Crippen LogP contribution in [-0.4, -0.2) is 12.2 Å². The lowest BCUT2D eigenvalue weighted by Crippen LogP contribution is -1.97. The van der Waals surface area contributed by atoms with Crippen molar-refractivity contribution in [2.45, 2.75) is 11.8 Å². The molecule has 3 nitrogen and oxygen atoms in total. The van der Waals surface area contributed by atoms with Gasteiger partial charge in [-0.05, 0) is 55.5 Å². The molecule has 0 unspecified atom stereocenters. The summed E-state index contributed by atoms with van der Waals surface area (Å²) < 4.78 is 11.0. The van der Waals surface area contributed by atoms with Crippen LogP contribution in [0.1, 0.15) is 6.92 Å². The van der Waals surface area contributed by atoms with Gasteiger partial charge in [0.1, 0.15) is 16.5 Å². The maximum absolute atomic E-state index is 5.81. The molecule has 0 aromatic heterocycles. The molecule has 136 valence electrons. The Morgan fingerprint density at radius 3 is 2.04 bits per heavy atom. The number of para-hydroxylation sites is 1. The van der Waals surface area contributed by atoms with Crippen LogP contribution >= 0.6 is 11.8 Å². The zero-order valence-corrected chi connectivity index (χ0v) is 16.1. The zero-order chi connectivity index (χ0) is 18.9. The smallest absolute Gasteiger partial charge is 0.126 e. The van der Waals surface area contributed by atoms with Crippen LogP contribution in [0.2, 0.25) is 0 Å². The molecule has 0 saturated carbocycles. The molecule has 0 amide bonds. The lowest BCUT2D eigenvalue weighted by atomic mass is 10.3. The minimum absolute atomic E-state index is 0.749. The SMILES string of the molecule is COc1ccc(O/C=C(C)/C(=N/c2ccccc2)Sc2ccccc2)cc1. The van der Waals surface area contributed by atoms with E-state index in [1.54, 1.807) is 25.1 Å². The standard InChI is InChI=1S/C23H21NO2S/c1-18(17-26-21-15-13-20(25-2)14-16-21)23(24-19-9-5-3-6-10-19)27-22-11-7-4-8-12-22/h3-17H,1-2H3/b18-17+,24-23-. The molecule has 3 aromatic carbocycles. The Labute approximate surface area is 164 Å². The lowest BCUT2D eigenvalue weighted by Gasteiger charge is -2.08. The van der Waals surface area contributed by atoms with Crippen molar-refractivity contribution in [3.63, 3.8) is 0 Å². The first-order valence-corrected chi connectivity index (χ1v) is 9.41. The number of hydrogen-bond acceptors (Lipinski definition) is 4. The van der Waals surface area contributed by atoms with Crippen LogP contribution in [0.3, 0.4) is 0 Å². The second-order valence-electron chi connectivity index (χ2n) is 5.76. The molecule has 3 aromatic rings. The van der Waals surface area contributed by atoms with Crippen LogP contribution in [0.5, 0.6) is 11.5 Å². The number of hydrogen-bond donors (Lipinski definition) is 0. The molecule has 27 heavy (non-hydrogen) atoms. The molecule has 0 aliphatic heterocycles. The van der Waals surface area contributed by atoms with Crippen molar-refractivity contribution >= 4 is 22.5 Å². The van der Waals surface area contributed by atoms with Gasteiger partial charge in [-0.25, -0.2) is 4.99 Å². The van der Waals surface area contributed by atoms with E-state index < -0.39 is 0 Å². The van der Waals surface area contributed by atoms with Gasteiger partial charge in [0.15, 0.2) is 0 Å². The highest BCUT2D eigenvalue weighted by molar-refractivity contribution is 8.14. The topological polar surface area (TPSA) is 30.8 Å². The van der Waals surface area contributed by atoms with Gasteiger partial charge in [-0.15, -0.1) is 0 Å². The number of thioether (sulfide) groups is 1. The van der Waals surface area contributed by atoms with Crippen LogP contribution in [0.4, 0.5) is 5.69 Å². The number of nitrogens with zero attached hydrogens (tertiary/aromatic N) is 1. The fourth-order valence-corrected chi connectivity index (χ4v) is 3.15. The van der Waals surface area contributed by atoms with E-state index in [0.29, 0.717) is 0 Å². The van der Waals surface area contributed by atoms with Crippen molar-refractivity contribution < 1.29 is 9.47 Å². The van der Waals surface area contributed by atoms with Crippen LogP contribution in [-0.2, 0) is 0 Å². The molecule has 0 bridgehead atoms. The third kappa shape index (κ3) is 5.76. The molecular formula is C23H21NO2S. The van der Waals surface area contributed by atoms with Crippen LogP contribution in [0, 0.1) is 0 Å². The number of rotatable bonds is 6. The van der Waals surface area contributed by atoms with Gasteiger partial charge in [0.25, 0.3) is 0 Å². The summed E-state index contributed by atoms with van der Waals surface area (Å²) in [5, 5.41) is 0.890. The van der Waals surface area contributed by atoms with Crippen molar-refractivity contribution in [2.75, 3.05) is 7.11 Å². The largest absolute Gasteiger partial charge is 0.497 e. The zero-order valence-electron chi connectivity index (χ0n) is 15.3. The average Bonchev–Trinajstić information content (AvgIpc) is 2.73. The van der Waals surface area contributed by atoms with Gasteiger partial charge in [0.2, 0.25) is 0 Å². The molecular weight excluding hydrogens is 354 g/mol. The van der Waals surface area contributed by atoms with Gasteiger partial charge in [-0.3, -0.25) is 0 Å². The highest BCUT2D eigenvalue weighted by atomic mass is 32.2. The number of methoxy groups -OCH3 is 1. The number of ether oxygens (including phenoxy) is 2. The maximum Gasteiger partial charge on any atom is 0.126 e. The Morgan fingerprint density at radius 2 is 1.41 bits per heavy atom. The summed E-state index contributed by atoms with van der Waals surface area (Å²) in [4.78, 5) is 5.93. The van der Waals surface area contributed by atoms with E-state index in [1.165, 1.54) is 0 Å². The van der Waals surface area contributed by atoms with Gasteiger partial charge in [0, 0.05) is 10.5 Å². The molecule has 4 heteroatoms. The lowest BCUT2D eigenvalue weighted by molar-refractivity contribution is 0.412. The van der Waals surface area contributed by atoms with E-state index >= 15 is 0 Å². The summed E-state index contributed by atoms with van der Waals surface area (Å²) in [6, 6.07) is 27.6. The molecule has 0 aliphatic rings. The first kappa shape index (κ1) is 18.8. The minimum atomic E-state index is 0.749. The Kier molecular flexibility index (Phi) is 6.72. The van der Waals surface area contributed by atoms with Gasteiger partial charge in [-0.1, -0.05) is 48.2 Å². The predicted octanol–water partition coefficient (Wildman–Crippen LogP) is 6.50. The van der Waals surface area contributed by atoms with E-state index in [9.17, 15) is 0 Å². The fraction of sp³-hybridized carbons (Fsp3) is 0.0870. The second-order valence-corrected chi connectivity index (χ2v) is 6.82.